The van der Waals surface area contributed by atoms with E-state index in [1.165, 1.54) is 47.1 Å². The maximum Gasteiger partial charge on any atom is 0.123 e. The monoisotopic (exact) mass is 521 g/mol. The zero-order valence-electron chi connectivity index (χ0n) is 22.8. The van der Waals surface area contributed by atoms with E-state index in [0.29, 0.717) is 35.8 Å². The van der Waals surface area contributed by atoms with Gasteiger partial charge in [-0.3, -0.25) is 10.4 Å². The second-order valence-electron chi connectivity index (χ2n) is 11.9. The van der Waals surface area contributed by atoms with Gasteiger partial charge in [-0.15, -0.1) is 0 Å². The first kappa shape index (κ1) is 24.9. The van der Waals surface area contributed by atoms with Crippen LogP contribution in [0.15, 0.2) is 47.6 Å². The lowest BCUT2D eigenvalue weighted by Crippen LogP contribution is -2.27. The second kappa shape index (κ2) is 10.5. The number of benzene rings is 2. The van der Waals surface area contributed by atoms with Crippen LogP contribution in [-0.2, 0) is 0 Å². The number of nitrogens with zero attached hydrogens (tertiary/aromatic N) is 2. The molecule has 4 aliphatic rings. The highest BCUT2D eigenvalue weighted by Crippen LogP contribution is 2.51. The van der Waals surface area contributed by atoms with Crippen LogP contribution < -0.4 is 16.0 Å². The lowest BCUT2D eigenvalue weighted by molar-refractivity contribution is 0.291. The van der Waals surface area contributed by atoms with Crippen molar-refractivity contribution >= 4 is 11.9 Å². The highest BCUT2D eigenvalue weighted by Gasteiger charge is 2.40. The van der Waals surface area contributed by atoms with Crippen LogP contribution in [0, 0.1) is 11.3 Å². The third-order valence-corrected chi connectivity index (χ3v) is 9.15. The Bertz CT molecular complexity index is 1380. The summed E-state index contributed by atoms with van der Waals surface area (Å²) in [6, 6.07) is 14.6. The summed E-state index contributed by atoms with van der Waals surface area (Å²) in [7, 11) is 0. The Morgan fingerprint density at radius 1 is 0.949 bits per heavy atom. The van der Waals surface area contributed by atoms with Crippen molar-refractivity contribution in [2.45, 2.75) is 69.6 Å². The Kier molecular flexibility index (Phi) is 6.67. The maximum atomic E-state index is 8.51. The predicted octanol–water partition coefficient (Wildman–Crippen LogP) is 5.47. The maximum absolute atomic E-state index is 8.51. The van der Waals surface area contributed by atoms with Gasteiger partial charge < -0.3 is 20.9 Å². The Morgan fingerprint density at radius 3 is 2.44 bits per heavy atom. The van der Waals surface area contributed by atoms with E-state index in [9.17, 15) is 0 Å². The summed E-state index contributed by atoms with van der Waals surface area (Å²) in [6.45, 7) is 5.29. The van der Waals surface area contributed by atoms with Crippen LogP contribution in [0.25, 0.3) is 22.4 Å². The number of aliphatic imine (C=N–C) groups is 1. The molecule has 1 aromatic heterocycles. The van der Waals surface area contributed by atoms with E-state index < -0.39 is 0 Å². The molecule has 3 fully saturated rings. The van der Waals surface area contributed by atoms with E-state index in [2.05, 4.69) is 69.2 Å². The fraction of sp³-hybridized carbons (Fsp3) is 0.469. The minimum absolute atomic E-state index is 0.338. The van der Waals surface area contributed by atoms with Crippen molar-refractivity contribution in [2.24, 2.45) is 10.9 Å². The standard InChI is InChI=1S/C32H39N7/c1-19-14-27-30-23(20-6-8-21(9-7-20)25(33)17-34-16-22-4-2-12-35-22)10-11-24(31(30)28(15-19)38-27)29-18-37-32(39-29)26-5-3-13-36-26/h6-11,17-19,22,26-28,33,35-36,38H,2-5,12-16H2,1H3,(H,37,39). The molecular formula is C32H39N7. The van der Waals surface area contributed by atoms with Gasteiger partial charge in [-0.25, -0.2) is 4.98 Å². The van der Waals surface area contributed by atoms with Crippen molar-refractivity contribution in [3.05, 3.63) is 65.1 Å². The topological polar surface area (TPSA) is 101 Å². The van der Waals surface area contributed by atoms with Crippen molar-refractivity contribution in [1.29, 1.82) is 5.41 Å². The summed E-state index contributed by atoms with van der Waals surface area (Å²) >= 11 is 0. The summed E-state index contributed by atoms with van der Waals surface area (Å²) in [5, 5.41) is 19.5. The van der Waals surface area contributed by atoms with Crippen LogP contribution in [0.2, 0.25) is 0 Å². The van der Waals surface area contributed by atoms with E-state index in [4.69, 9.17) is 10.4 Å². The molecule has 0 saturated carbocycles. The molecule has 2 bridgehead atoms. The van der Waals surface area contributed by atoms with E-state index >= 15 is 0 Å². The van der Waals surface area contributed by atoms with Crippen molar-refractivity contribution < 1.29 is 0 Å². The van der Waals surface area contributed by atoms with E-state index in [1.807, 2.05) is 6.20 Å². The van der Waals surface area contributed by atoms with Gasteiger partial charge >= 0.3 is 0 Å². The highest BCUT2D eigenvalue weighted by atomic mass is 15.0. The molecule has 7 rings (SSSR count). The van der Waals surface area contributed by atoms with Crippen LogP contribution in [-0.4, -0.2) is 47.6 Å². The summed E-state index contributed by atoms with van der Waals surface area (Å²) in [6.07, 6.45) is 10.8. The third kappa shape index (κ3) is 4.77. The van der Waals surface area contributed by atoms with E-state index in [0.717, 1.165) is 56.0 Å². The number of nitrogens with one attached hydrogen (secondary N) is 5. The third-order valence-electron chi connectivity index (χ3n) is 9.15. The first-order valence-electron chi connectivity index (χ1n) is 14.8. The molecule has 39 heavy (non-hydrogen) atoms. The van der Waals surface area contributed by atoms with Crippen molar-refractivity contribution in [3.63, 3.8) is 0 Å². The van der Waals surface area contributed by atoms with Crippen molar-refractivity contribution in [3.8, 4) is 22.4 Å². The van der Waals surface area contributed by atoms with Crippen LogP contribution >= 0.6 is 0 Å². The first-order chi connectivity index (χ1) is 19.1. The van der Waals surface area contributed by atoms with Gasteiger partial charge in [0, 0.05) is 35.5 Å². The molecule has 0 amide bonds. The molecule has 7 nitrogen and oxygen atoms in total. The normalized spacial score (nSPS) is 27.9. The molecule has 0 spiro atoms. The smallest absolute Gasteiger partial charge is 0.123 e. The zero-order chi connectivity index (χ0) is 26.3. The van der Waals surface area contributed by atoms with Crippen molar-refractivity contribution in [1.82, 2.24) is 25.9 Å². The van der Waals surface area contributed by atoms with Gasteiger partial charge in [0.05, 0.1) is 30.2 Å². The van der Waals surface area contributed by atoms with E-state index in [-0.39, 0.29) is 0 Å². The molecule has 7 heteroatoms. The average Bonchev–Trinajstić information content (AvgIpc) is 3.76. The molecule has 3 saturated heterocycles. The lowest BCUT2D eigenvalue weighted by atomic mass is 9.88. The molecule has 2 aromatic carbocycles. The molecule has 0 aliphatic carbocycles. The fourth-order valence-electron chi connectivity index (χ4n) is 7.21. The minimum atomic E-state index is 0.338. The number of fused-ring (bicyclic) bond motifs is 5. The number of imidazole rings is 1. The first-order valence-corrected chi connectivity index (χ1v) is 14.8. The van der Waals surface area contributed by atoms with Crippen LogP contribution in [0.1, 0.15) is 86.1 Å². The molecule has 4 aliphatic heterocycles. The van der Waals surface area contributed by atoms with Gasteiger partial charge in [0.15, 0.2) is 0 Å². The molecular weight excluding hydrogens is 482 g/mol. The number of piperidine rings is 1. The molecule has 202 valence electrons. The summed E-state index contributed by atoms with van der Waals surface area (Å²) in [5.74, 6) is 1.75. The van der Waals surface area contributed by atoms with Crippen molar-refractivity contribution in [2.75, 3.05) is 19.6 Å². The molecule has 5 unspecified atom stereocenters. The van der Waals surface area contributed by atoms with Gasteiger partial charge in [-0.05, 0) is 79.8 Å². The Hall–Kier alpha value is -3.13. The largest absolute Gasteiger partial charge is 0.341 e. The molecule has 5 N–H and O–H groups in total. The average molecular weight is 522 g/mol. The van der Waals surface area contributed by atoms with Crippen LogP contribution in [0.4, 0.5) is 0 Å². The second-order valence-corrected chi connectivity index (χ2v) is 11.9. The van der Waals surface area contributed by atoms with Gasteiger partial charge in [-0.2, -0.15) is 0 Å². The Labute approximate surface area is 230 Å². The highest BCUT2D eigenvalue weighted by molar-refractivity contribution is 6.36. The minimum Gasteiger partial charge on any atom is -0.341 e. The summed E-state index contributed by atoms with van der Waals surface area (Å²) in [4.78, 5) is 13.0. The number of hydrogen-bond donors (Lipinski definition) is 5. The quantitative estimate of drug-likeness (QED) is 0.266. The Balaban J connectivity index is 1.18. The number of hydrogen-bond acceptors (Lipinski definition) is 6. The van der Waals surface area contributed by atoms with Gasteiger partial charge in [0.2, 0.25) is 0 Å². The number of aromatic nitrogens is 2. The predicted molar refractivity (Wildman–Crippen MR) is 158 cm³/mol. The molecule has 5 atom stereocenters. The molecule has 5 heterocycles. The van der Waals surface area contributed by atoms with Crippen LogP contribution in [0.5, 0.6) is 0 Å². The summed E-state index contributed by atoms with van der Waals surface area (Å²) in [5.41, 5.74) is 9.20. The lowest BCUT2D eigenvalue weighted by Gasteiger charge is -2.27. The summed E-state index contributed by atoms with van der Waals surface area (Å²) < 4.78 is 0. The van der Waals surface area contributed by atoms with Crippen LogP contribution in [0.3, 0.4) is 0 Å². The Morgan fingerprint density at radius 2 is 1.69 bits per heavy atom. The number of aromatic amines is 1. The number of rotatable bonds is 7. The molecule has 0 radical (unpaired) electrons. The SMILES string of the molecule is CC1CC2NC(C1)c1c(-c3cnc(C4CCCN4)[nH]3)ccc(-c3ccc(C(=N)C=NCC4CCCN4)cc3)c12. The number of H-pyrrole nitrogens is 1. The van der Waals surface area contributed by atoms with E-state index in [1.54, 1.807) is 6.21 Å². The van der Waals surface area contributed by atoms with Gasteiger partial charge in [0.25, 0.3) is 0 Å². The van der Waals surface area contributed by atoms with Gasteiger partial charge in [-0.1, -0.05) is 43.3 Å². The van der Waals surface area contributed by atoms with Gasteiger partial charge in [0.1, 0.15) is 5.82 Å². The molecule has 3 aromatic rings. The fourth-order valence-corrected chi connectivity index (χ4v) is 7.21. The zero-order valence-corrected chi connectivity index (χ0v) is 22.8.